The molecule has 3 atom stereocenters. The molecule has 0 radical (unpaired) electrons. The minimum atomic E-state index is -0.908. The Balaban J connectivity index is 1.27. The van der Waals surface area contributed by atoms with E-state index in [9.17, 15) is 25.7 Å². The molecular formula is C39H44Cl2N4O7. The topological polar surface area (TPSA) is 161 Å². The molecule has 0 spiro atoms. The lowest BCUT2D eigenvalue weighted by molar-refractivity contribution is -0.0389. The molecule has 0 unspecified atom stereocenters. The van der Waals surface area contributed by atoms with Crippen LogP contribution in [0.25, 0.3) is 11.1 Å². The lowest BCUT2D eigenvalue weighted by Crippen LogP contribution is -2.46. The lowest BCUT2D eigenvalue weighted by Gasteiger charge is -2.33. The average Bonchev–Trinajstić information content (AvgIpc) is 3.15. The van der Waals surface area contributed by atoms with Gasteiger partial charge in [-0.15, -0.1) is 0 Å². The molecule has 13 heteroatoms. The summed E-state index contributed by atoms with van der Waals surface area (Å²) in [6.07, 6.45) is 2.14. The molecule has 0 aliphatic carbocycles. The molecule has 1 fully saturated rings. The number of nitrogens with one attached hydrogen (secondary N) is 1. The number of hydrogen-bond acceptors (Lipinski definition) is 11. The van der Waals surface area contributed by atoms with Gasteiger partial charge in [-0.25, -0.2) is 0 Å². The zero-order chi connectivity index (χ0) is 37.0. The summed E-state index contributed by atoms with van der Waals surface area (Å²) < 4.78 is 18.5. The van der Waals surface area contributed by atoms with Crippen molar-refractivity contribution in [3.8, 4) is 34.4 Å². The Hall–Kier alpha value is -3.96. The van der Waals surface area contributed by atoms with Crippen LogP contribution in [0.1, 0.15) is 40.7 Å². The molecule has 1 aliphatic rings. The van der Waals surface area contributed by atoms with E-state index in [-0.39, 0.29) is 26.4 Å². The van der Waals surface area contributed by atoms with Gasteiger partial charge in [0.2, 0.25) is 0 Å². The highest BCUT2D eigenvalue weighted by Gasteiger charge is 2.25. The largest absolute Gasteiger partial charge is 0.492 e. The number of benzene rings is 3. The first kappa shape index (κ1) is 39.3. The summed E-state index contributed by atoms with van der Waals surface area (Å²) in [5.41, 5.74) is 5.53. The minimum absolute atomic E-state index is 0.147. The van der Waals surface area contributed by atoms with Gasteiger partial charge in [0.1, 0.15) is 36.5 Å². The van der Waals surface area contributed by atoms with Gasteiger partial charge in [0.15, 0.2) is 0 Å². The van der Waals surface area contributed by atoms with E-state index in [4.69, 9.17) is 37.4 Å². The van der Waals surface area contributed by atoms with Gasteiger partial charge in [0, 0.05) is 67.9 Å². The second-order valence-electron chi connectivity index (χ2n) is 12.8. The summed E-state index contributed by atoms with van der Waals surface area (Å²) in [7, 11) is 0. The van der Waals surface area contributed by atoms with Crippen molar-refractivity contribution in [3.05, 3.63) is 105 Å². The number of aliphatic hydroxyl groups excluding tert-OH is 4. The fraction of sp³-hybridized carbons (Fsp3) is 0.385. The van der Waals surface area contributed by atoms with Crippen LogP contribution in [0, 0.1) is 18.3 Å². The van der Waals surface area contributed by atoms with Crippen LogP contribution in [0.2, 0.25) is 10.0 Å². The predicted octanol–water partition coefficient (Wildman–Crippen LogP) is 5.03. The predicted molar refractivity (Wildman–Crippen MR) is 199 cm³/mol. The highest BCUT2D eigenvalue weighted by atomic mass is 35.5. The first-order valence-corrected chi connectivity index (χ1v) is 17.9. The van der Waals surface area contributed by atoms with Crippen molar-refractivity contribution in [1.29, 1.82) is 5.26 Å². The molecule has 2 heterocycles. The highest BCUT2D eigenvalue weighted by Crippen LogP contribution is 2.38. The number of nitrogens with zero attached hydrogens (tertiary/aromatic N) is 3. The summed E-state index contributed by atoms with van der Waals surface area (Å²) in [6, 6.07) is 18.9. The molecule has 4 aromatic rings. The molecule has 0 saturated carbocycles. The fourth-order valence-corrected chi connectivity index (χ4v) is 6.48. The van der Waals surface area contributed by atoms with Gasteiger partial charge in [-0.3, -0.25) is 4.98 Å². The molecule has 276 valence electrons. The number of pyridine rings is 1. The molecule has 52 heavy (non-hydrogen) atoms. The highest BCUT2D eigenvalue weighted by molar-refractivity contribution is 6.35. The third kappa shape index (κ3) is 10.6. The summed E-state index contributed by atoms with van der Waals surface area (Å²) in [5.74, 6) is 1.49. The monoisotopic (exact) mass is 750 g/mol. The quantitative estimate of drug-likeness (QED) is 0.0921. The number of nitriles is 1. The van der Waals surface area contributed by atoms with E-state index in [0.717, 1.165) is 41.8 Å². The molecule has 1 aromatic heterocycles. The maximum atomic E-state index is 9.96. The van der Waals surface area contributed by atoms with Crippen molar-refractivity contribution in [2.24, 2.45) is 0 Å². The van der Waals surface area contributed by atoms with Gasteiger partial charge < -0.3 is 44.9 Å². The number of likely N-dealkylation sites (tertiary alicyclic amines) is 1. The van der Waals surface area contributed by atoms with Gasteiger partial charge in [-0.2, -0.15) is 5.26 Å². The van der Waals surface area contributed by atoms with Crippen LogP contribution in [-0.4, -0.2) is 88.0 Å². The van der Waals surface area contributed by atoms with Crippen molar-refractivity contribution in [1.82, 2.24) is 15.2 Å². The minimum Gasteiger partial charge on any atom is -0.492 e. The van der Waals surface area contributed by atoms with E-state index in [2.05, 4.69) is 21.3 Å². The third-order valence-corrected chi connectivity index (χ3v) is 9.61. The van der Waals surface area contributed by atoms with Crippen molar-refractivity contribution < 1.29 is 34.6 Å². The van der Waals surface area contributed by atoms with Crippen LogP contribution in [0.3, 0.4) is 0 Å². The second kappa shape index (κ2) is 19.2. The molecule has 1 aliphatic heterocycles. The van der Waals surface area contributed by atoms with Crippen LogP contribution >= 0.6 is 23.2 Å². The molecule has 3 aromatic carbocycles. The Morgan fingerprint density at radius 1 is 0.962 bits per heavy atom. The summed E-state index contributed by atoms with van der Waals surface area (Å²) in [5, 5.41) is 51.9. The first-order chi connectivity index (χ1) is 25.2. The summed E-state index contributed by atoms with van der Waals surface area (Å²) >= 11 is 13.6. The Labute approximate surface area is 313 Å². The average molecular weight is 752 g/mol. The number of rotatable bonds is 17. The van der Waals surface area contributed by atoms with Crippen molar-refractivity contribution in [3.63, 3.8) is 0 Å². The normalized spacial score (nSPS) is 16.7. The van der Waals surface area contributed by atoms with Crippen molar-refractivity contribution in [2.45, 2.75) is 57.8 Å². The summed E-state index contributed by atoms with van der Waals surface area (Å²) in [6.45, 7) is 4.89. The Morgan fingerprint density at radius 3 is 2.54 bits per heavy atom. The zero-order valence-electron chi connectivity index (χ0n) is 29.0. The molecule has 5 N–H and O–H groups in total. The van der Waals surface area contributed by atoms with E-state index < -0.39 is 18.3 Å². The van der Waals surface area contributed by atoms with E-state index in [0.29, 0.717) is 70.1 Å². The van der Waals surface area contributed by atoms with Gasteiger partial charge in [0.05, 0.1) is 47.1 Å². The molecular weight excluding hydrogens is 707 g/mol. The number of piperidine rings is 1. The number of aromatic nitrogens is 1. The maximum absolute atomic E-state index is 9.96. The SMILES string of the molecule is Cc1c(COc2cc(OCc3cncc(C#N)c3)c(CNC[C@H](O)CO)cc2Cl)cccc1-c1cccc(OCCCN2CC[C@H](O)[C@@H](O)C2)c1Cl. The van der Waals surface area contributed by atoms with Crippen molar-refractivity contribution >= 4 is 23.2 Å². The number of hydrogen-bond donors (Lipinski definition) is 5. The van der Waals surface area contributed by atoms with Crippen LogP contribution in [0.5, 0.6) is 17.2 Å². The molecule has 11 nitrogen and oxygen atoms in total. The Morgan fingerprint density at radius 2 is 1.75 bits per heavy atom. The standard InChI is InChI=1S/C39H44Cl2N4O7/c1-25-28(5-2-6-31(25)32-7-3-8-36(39(32)41)50-12-4-10-45-11-9-34(48)35(49)21-45)24-52-38-15-37(51-23-27-13-26(16-42)17-43-18-27)29(14-33(38)40)19-44-20-30(47)22-46/h2-3,5-8,13-15,17-18,30,34-35,44,46-49H,4,9-12,19-24H2,1H3/t30-,34-,35-/m0/s1. The van der Waals surface area contributed by atoms with Crippen LogP contribution in [0.15, 0.2) is 67.0 Å². The third-order valence-electron chi connectivity index (χ3n) is 8.93. The van der Waals surface area contributed by atoms with Gasteiger partial charge in [-0.05, 0) is 54.7 Å². The maximum Gasteiger partial charge on any atom is 0.142 e. The molecule has 1 saturated heterocycles. The lowest BCUT2D eigenvalue weighted by atomic mass is 9.96. The number of halogens is 2. The Bertz CT molecular complexity index is 1840. The van der Waals surface area contributed by atoms with Crippen LogP contribution in [0.4, 0.5) is 0 Å². The summed E-state index contributed by atoms with van der Waals surface area (Å²) in [4.78, 5) is 6.23. The van der Waals surface area contributed by atoms with Gasteiger partial charge in [-0.1, -0.05) is 53.5 Å². The van der Waals surface area contributed by atoms with Gasteiger partial charge in [0.25, 0.3) is 0 Å². The second-order valence-corrected chi connectivity index (χ2v) is 13.5. The molecule has 0 amide bonds. The first-order valence-electron chi connectivity index (χ1n) is 17.2. The molecule has 0 bridgehead atoms. The van der Waals surface area contributed by atoms with Crippen LogP contribution in [-0.2, 0) is 19.8 Å². The zero-order valence-corrected chi connectivity index (χ0v) is 30.5. The van der Waals surface area contributed by atoms with Crippen molar-refractivity contribution in [2.75, 3.05) is 39.4 Å². The number of ether oxygens (including phenoxy) is 3. The fourth-order valence-electron chi connectivity index (χ4n) is 5.96. The van der Waals surface area contributed by atoms with Crippen LogP contribution < -0.4 is 19.5 Å². The van der Waals surface area contributed by atoms with E-state index in [1.165, 1.54) is 6.20 Å². The van der Waals surface area contributed by atoms with E-state index in [1.54, 1.807) is 24.4 Å². The van der Waals surface area contributed by atoms with E-state index >= 15 is 0 Å². The number of β-amino-alcohol motifs (C(OH)–C–C–N with tert-alkyl or cyclic N) is 1. The van der Waals surface area contributed by atoms with Gasteiger partial charge >= 0.3 is 0 Å². The Kier molecular flexibility index (Phi) is 14.5. The molecule has 5 rings (SSSR count). The number of aliphatic hydroxyl groups is 4. The van der Waals surface area contributed by atoms with E-state index in [1.807, 2.05) is 43.3 Å². The smallest absolute Gasteiger partial charge is 0.142 e.